The highest BCUT2D eigenvalue weighted by atomic mass is 79.9. The Kier molecular flexibility index (Phi) is 2.83. The van der Waals surface area contributed by atoms with Crippen molar-refractivity contribution in [1.29, 1.82) is 0 Å². The third-order valence-corrected chi connectivity index (χ3v) is 3.24. The minimum absolute atomic E-state index is 0.161. The number of anilines is 1. The zero-order valence-electron chi connectivity index (χ0n) is 7.48. The van der Waals surface area contributed by atoms with Crippen molar-refractivity contribution in [2.24, 2.45) is 0 Å². The number of alkyl halides is 1. The Morgan fingerprint density at radius 3 is 2.71 bits per heavy atom. The summed E-state index contributed by atoms with van der Waals surface area (Å²) in [4.78, 5) is 14.5. The summed E-state index contributed by atoms with van der Waals surface area (Å²) in [5.41, 5.74) is 0.905. The molecular weight excluding hydrogens is 262 g/mol. The molecule has 2 rings (SSSR count). The third kappa shape index (κ3) is 1.81. The molecule has 1 aromatic rings. The van der Waals surface area contributed by atoms with Crippen molar-refractivity contribution < 1.29 is 4.79 Å². The minimum atomic E-state index is 0.161. The summed E-state index contributed by atoms with van der Waals surface area (Å²) in [6, 6.07) is 7.65. The molecular formula is C10H10BrNOS. The molecule has 1 amide bonds. The van der Waals surface area contributed by atoms with Gasteiger partial charge in [-0.15, -0.1) is 12.6 Å². The first-order valence-corrected chi connectivity index (χ1v) is 5.77. The number of thiol groups is 1. The number of hydrogen-bond acceptors (Lipinski definition) is 2. The fraction of sp³-hybridized carbons (Fsp3) is 0.300. The second-order valence-corrected chi connectivity index (χ2v) is 5.07. The van der Waals surface area contributed by atoms with Gasteiger partial charge < -0.3 is 4.90 Å². The molecule has 1 aromatic carbocycles. The highest BCUT2D eigenvalue weighted by molar-refractivity contribution is 9.09. The zero-order chi connectivity index (χ0) is 10.1. The quantitative estimate of drug-likeness (QED) is 0.615. The molecule has 2 nitrogen and oxygen atoms in total. The van der Waals surface area contributed by atoms with Gasteiger partial charge >= 0.3 is 0 Å². The summed E-state index contributed by atoms with van der Waals surface area (Å²) >= 11 is 7.79. The van der Waals surface area contributed by atoms with Crippen molar-refractivity contribution in [3.05, 3.63) is 24.3 Å². The van der Waals surface area contributed by atoms with Gasteiger partial charge in [0.15, 0.2) is 0 Å². The molecule has 0 spiro atoms. The van der Waals surface area contributed by atoms with Crippen LogP contribution in [-0.2, 0) is 4.79 Å². The predicted octanol–water partition coefficient (Wildman–Crippen LogP) is 2.48. The molecule has 14 heavy (non-hydrogen) atoms. The van der Waals surface area contributed by atoms with E-state index in [-0.39, 0.29) is 10.7 Å². The van der Waals surface area contributed by atoms with Crippen molar-refractivity contribution in [3.63, 3.8) is 0 Å². The smallest absolute Gasteiger partial charge is 0.228 e. The van der Waals surface area contributed by atoms with Crippen LogP contribution in [0.3, 0.4) is 0 Å². The lowest BCUT2D eigenvalue weighted by Gasteiger charge is -2.17. The predicted molar refractivity (Wildman–Crippen MR) is 63.4 cm³/mol. The molecule has 74 valence electrons. The molecule has 0 bridgehead atoms. The normalized spacial score (nSPS) is 21.7. The number of benzene rings is 1. The number of amides is 1. The lowest BCUT2D eigenvalue weighted by atomic mass is 10.3. The molecule has 1 saturated heterocycles. The average molecular weight is 272 g/mol. The van der Waals surface area contributed by atoms with Gasteiger partial charge in [0.2, 0.25) is 5.91 Å². The first-order chi connectivity index (χ1) is 6.68. The molecule has 0 aliphatic carbocycles. The standard InChI is InChI=1S/C10H10BrNOS/c11-7-5-10(13)12(6-7)8-3-1-2-4-9(8)14/h1-4,7,14H,5-6H2. The maximum absolute atomic E-state index is 11.6. The van der Waals surface area contributed by atoms with E-state index in [2.05, 4.69) is 28.6 Å². The van der Waals surface area contributed by atoms with Gasteiger partial charge in [-0.2, -0.15) is 0 Å². The summed E-state index contributed by atoms with van der Waals surface area (Å²) in [6.45, 7) is 0.733. The van der Waals surface area contributed by atoms with Crippen LogP contribution < -0.4 is 4.90 Å². The Bertz CT molecular complexity index is 369. The maximum Gasteiger partial charge on any atom is 0.228 e. The SMILES string of the molecule is O=C1CC(Br)CN1c1ccccc1S. The van der Waals surface area contributed by atoms with Crippen LogP contribution in [0, 0.1) is 0 Å². The summed E-state index contributed by atoms with van der Waals surface area (Å²) in [5.74, 6) is 0.161. The lowest BCUT2D eigenvalue weighted by molar-refractivity contribution is -0.117. The Labute approximate surface area is 96.8 Å². The number of carbonyl (C=O) groups is 1. The van der Waals surface area contributed by atoms with Crippen LogP contribution in [0.1, 0.15) is 6.42 Å². The second-order valence-electron chi connectivity index (χ2n) is 3.29. The van der Waals surface area contributed by atoms with E-state index in [1.54, 1.807) is 4.90 Å². The van der Waals surface area contributed by atoms with E-state index in [4.69, 9.17) is 0 Å². The van der Waals surface area contributed by atoms with Crippen molar-refractivity contribution in [3.8, 4) is 0 Å². The molecule has 1 aliphatic heterocycles. The van der Waals surface area contributed by atoms with Crippen molar-refractivity contribution >= 4 is 40.2 Å². The van der Waals surface area contributed by atoms with E-state index >= 15 is 0 Å². The number of nitrogens with zero attached hydrogens (tertiary/aromatic N) is 1. The Hall–Kier alpha value is -0.480. The van der Waals surface area contributed by atoms with Gasteiger partial charge in [0, 0.05) is 22.7 Å². The number of rotatable bonds is 1. The van der Waals surface area contributed by atoms with Crippen LogP contribution in [0.2, 0.25) is 0 Å². The van der Waals surface area contributed by atoms with E-state index in [1.807, 2.05) is 24.3 Å². The van der Waals surface area contributed by atoms with E-state index in [0.717, 1.165) is 17.1 Å². The van der Waals surface area contributed by atoms with E-state index in [9.17, 15) is 4.79 Å². The van der Waals surface area contributed by atoms with Crippen LogP contribution >= 0.6 is 28.6 Å². The van der Waals surface area contributed by atoms with Gasteiger partial charge in [-0.1, -0.05) is 28.1 Å². The molecule has 1 aliphatic rings. The highest BCUT2D eigenvalue weighted by Crippen LogP contribution is 2.29. The molecule has 1 atom stereocenters. The molecule has 4 heteroatoms. The molecule has 1 fully saturated rings. The third-order valence-electron chi connectivity index (χ3n) is 2.25. The first kappa shape index (κ1) is 10.1. The van der Waals surface area contributed by atoms with Crippen LogP contribution in [0.25, 0.3) is 0 Å². The van der Waals surface area contributed by atoms with Gasteiger partial charge in [-0.05, 0) is 12.1 Å². The molecule has 1 unspecified atom stereocenters. The van der Waals surface area contributed by atoms with E-state index in [0.29, 0.717) is 6.42 Å². The van der Waals surface area contributed by atoms with E-state index in [1.165, 1.54) is 0 Å². The Morgan fingerprint density at radius 1 is 1.43 bits per heavy atom. The summed E-state index contributed by atoms with van der Waals surface area (Å²) < 4.78 is 0. The van der Waals surface area contributed by atoms with E-state index < -0.39 is 0 Å². The van der Waals surface area contributed by atoms with Crippen molar-refractivity contribution in [2.45, 2.75) is 16.1 Å². The van der Waals surface area contributed by atoms with Gasteiger partial charge in [-0.25, -0.2) is 0 Å². The number of para-hydroxylation sites is 1. The molecule has 0 N–H and O–H groups in total. The Balaban J connectivity index is 2.32. The lowest BCUT2D eigenvalue weighted by Crippen LogP contribution is -2.24. The van der Waals surface area contributed by atoms with Gasteiger partial charge in [-0.3, -0.25) is 4.79 Å². The number of carbonyl (C=O) groups excluding carboxylic acids is 1. The average Bonchev–Trinajstić information content (AvgIpc) is 2.46. The fourth-order valence-electron chi connectivity index (χ4n) is 1.59. The largest absolute Gasteiger partial charge is 0.310 e. The number of hydrogen-bond donors (Lipinski definition) is 1. The molecule has 1 heterocycles. The number of halogens is 1. The molecule has 0 aromatic heterocycles. The summed E-state index contributed by atoms with van der Waals surface area (Å²) in [6.07, 6.45) is 0.572. The zero-order valence-corrected chi connectivity index (χ0v) is 9.96. The maximum atomic E-state index is 11.6. The van der Waals surface area contributed by atoms with Crippen LogP contribution in [-0.4, -0.2) is 17.3 Å². The van der Waals surface area contributed by atoms with Crippen molar-refractivity contribution in [1.82, 2.24) is 0 Å². The van der Waals surface area contributed by atoms with Gasteiger partial charge in [0.1, 0.15) is 0 Å². The highest BCUT2D eigenvalue weighted by Gasteiger charge is 2.29. The van der Waals surface area contributed by atoms with Crippen molar-refractivity contribution in [2.75, 3.05) is 11.4 Å². The Morgan fingerprint density at radius 2 is 2.14 bits per heavy atom. The van der Waals surface area contributed by atoms with Gasteiger partial charge in [0.05, 0.1) is 5.69 Å². The van der Waals surface area contributed by atoms with Crippen LogP contribution in [0.5, 0.6) is 0 Å². The summed E-state index contributed by atoms with van der Waals surface area (Å²) in [7, 11) is 0. The topological polar surface area (TPSA) is 20.3 Å². The van der Waals surface area contributed by atoms with Gasteiger partial charge in [0.25, 0.3) is 0 Å². The first-order valence-electron chi connectivity index (χ1n) is 4.41. The second kappa shape index (κ2) is 3.95. The van der Waals surface area contributed by atoms with Crippen LogP contribution in [0.15, 0.2) is 29.2 Å². The minimum Gasteiger partial charge on any atom is -0.310 e. The molecule has 0 radical (unpaired) electrons. The summed E-state index contributed by atoms with van der Waals surface area (Å²) in [5, 5.41) is 0. The monoisotopic (exact) mass is 271 g/mol. The van der Waals surface area contributed by atoms with Crippen LogP contribution in [0.4, 0.5) is 5.69 Å². The fourth-order valence-corrected chi connectivity index (χ4v) is 2.44. The molecule has 0 saturated carbocycles.